The second-order valence-corrected chi connectivity index (χ2v) is 11.7. The summed E-state index contributed by atoms with van der Waals surface area (Å²) in [7, 11) is -7.35. The highest BCUT2D eigenvalue weighted by Gasteiger charge is 2.21. The number of rotatable bonds is 7. The number of hydrogen-bond donors (Lipinski definition) is 2. The van der Waals surface area contributed by atoms with E-state index < -0.39 is 31.8 Å². The van der Waals surface area contributed by atoms with Crippen LogP contribution >= 0.6 is 11.6 Å². The largest absolute Gasteiger partial charge is 0.346 e. The highest BCUT2D eigenvalue weighted by Crippen LogP contribution is 2.26. The van der Waals surface area contributed by atoms with Gasteiger partial charge in [-0.2, -0.15) is 0 Å². The molecule has 33 heavy (non-hydrogen) atoms. The third-order valence-corrected chi connectivity index (χ3v) is 7.93. The van der Waals surface area contributed by atoms with Crippen molar-refractivity contribution in [3.63, 3.8) is 0 Å². The Labute approximate surface area is 198 Å². The molecule has 0 bridgehead atoms. The Kier molecular flexibility index (Phi) is 7.16. The van der Waals surface area contributed by atoms with E-state index in [4.69, 9.17) is 11.6 Å². The van der Waals surface area contributed by atoms with Crippen LogP contribution in [0.3, 0.4) is 0 Å². The third-order valence-electron chi connectivity index (χ3n) is 4.94. The van der Waals surface area contributed by atoms with Crippen LogP contribution in [-0.4, -0.2) is 29.0 Å². The fourth-order valence-electron chi connectivity index (χ4n) is 3.05. The van der Waals surface area contributed by atoms with Gasteiger partial charge in [0.2, 0.25) is 0 Å². The van der Waals surface area contributed by atoms with Crippen LogP contribution in [0.1, 0.15) is 34.5 Å². The molecule has 3 rings (SSSR count). The van der Waals surface area contributed by atoms with E-state index in [0.717, 1.165) is 11.8 Å². The number of carbonyl (C=O) groups is 1. The van der Waals surface area contributed by atoms with Crippen molar-refractivity contribution in [1.82, 2.24) is 5.32 Å². The van der Waals surface area contributed by atoms with Crippen molar-refractivity contribution in [1.29, 1.82) is 0 Å². The maximum Gasteiger partial charge on any atom is 0.263 e. The highest BCUT2D eigenvalue weighted by atomic mass is 35.5. The van der Waals surface area contributed by atoms with Gasteiger partial charge in [0.15, 0.2) is 9.84 Å². The van der Waals surface area contributed by atoms with Crippen molar-refractivity contribution in [2.75, 3.05) is 11.0 Å². The number of hydrogen-bond acceptors (Lipinski definition) is 5. The zero-order valence-corrected chi connectivity index (χ0v) is 20.6. The molecule has 2 N–H and O–H groups in total. The molecule has 0 unspecified atom stereocenters. The molecule has 0 fully saturated rings. The second-order valence-electron chi connectivity index (χ2n) is 7.65. The van der Waals surface area contributed by atoms with E-state index in [1.54, 1.807) is 43.3 Å². The predicted molar refractivity (Wildman–Crippen MR) is 129 cm³/mol. The van der Waals surface area contributed by atoms with Crippen molar-refractivity contribution < 1.29 is 21.6 Å². The lowest BCUT2D eigenvalue weighted by Crippen LogP contribution is -2.27. The second kappa shape index (κ2) is 9.54. The molecule has 3 aromatic carbocycles. The minimum absolute atomic E-state index is 0.0180. The van der Waals surface area contributed by atoms with Crippen LogP contribution in [0.5, 0.6) is 0 Å². The summed E-state index contributed by atoms with van der Waals surface area (Å²) < 4.78 is 51.4. The first kappa shape index (κ1) is 24.8. The Morgan fingerprint density at radius 3 is 2.09 bits per heavy atom. The van der Waals surface area contributed by atoms with Gasteiger partial charge in [0.1, 0.15) is 4.90 Å². The predicted octanol–water partition coefficient (Wildman–Crippen LogP) is 4.34. The summed E-state index contributed by atoms with van der Waals surface area (Å²) >= 11 is 6.13. The van der Waals surface area contributed by atoms with Crippen molar-refractivity contribution in [3.05, 3.63) is 88.4 Å². The van der Waals surface area contributed by atoms with E-state index in [2.05, 4.69) is 10.0 Å². The summed E-state index contributed by atoms with van der Waals surface area (Å²) in [6, 6.07) is 16.5. The molecule has 0 radical (unpaired) electrons. The van der Waals surface area contributed by atoms with Crippen LogP contribution in [0.25, 0.3) is 0 Å². The monoisotopic (exact) mass is 506 g/mol. The van der Waals surface area contributed by atoms with Crippen LogP contribution in [0.4, 0.5) is 5.69 Å². The maximum absolute atomic E-state index is 12.9. The quantitative estimate of drug-likeness (QED) is 0.495. The summed E-state index contributed by atoms with van der Waals surface area (Å²) in [5, 5.41) is 2.76. The van der Waals surface area contributed by atoms with Gasteiger partial charge in [-0.25, -0.2) is 16.8 Å². The lowest BCUT2D eigenvalue weighted by Gasteiger charge is -2.16. The maximum atomic E-state index is 12.9. The number of sulfone groups is 1. The molecule has 0 aromatic heterocycles. The average Bonchev–Trinajstić information content (AvgIpc) is 2.74. The van der Waals surface area contributed by atoms with Crippen molar-refractivity contribution >= 4 is 43.1 Å². The molecule has 1 atom stereocenters. The van der Waals surface area contributed by atoms with Crippen LogP contribution in [0.2, 0.25) is 5.02 Å². The van der Waals surface area contributed by atoms with E-state index in [-0.39, 0.29) is 20.4 Å². The zero-order chi connectivity index (χ0) is 24.4. The summed E-state index contributed by atoms with van der Waals surface area (Å²) in [5.74, 6) is -0.502. The molecule has 0 aliphatic carbocycles. The standard InChI is InChI=1S/C23H23ClN2O5S2/c1-15-4-9-19(10-5-15)26-33(30,31)22-14-18(8-13-21(22)24)23(27)25-16(2)17-6-11-20(12-7-17)32(3,28)29/h4-14,16,26H,1-3H3,(H,25,27)/t16-/m0/s1. The van der Waals surface area contributed by atoms with E-state index >= 15 is 0 Å². The SMILES string of the molecule is Cc1ccc(NS(=O)(=O)c2cc(C(=O)N[C@@H](C)c3ccc(S(C)(=O)=O)cc3)ccc2Cl)cc1. The first-order valence-electron chi connectivity index (χ1n) is 9.87. The minimum atomic E-state index is -4.03. The molecule has 0 heterocycles. The fourth-order valence-corrected chi connectivity index (χ4v) is 5.27. The van der Waals surface area contributed by atoms with Crippen LogP contribution < -0.4 is 10.0 Å². The Morgan fingerprint density at radius 1 is 0.909 bits per heavy atom. The van der Waals surface area contributed by atoms with Crippen molar-refractivity contribution in [2.45, 2.75) is 29.7 Å². The molecule has 0 saturated carbocycles. The number of amides is 1. The van der Waals surface area contributed by atoms with Crippen molar-refractivity contribution in [2.24, 2.45) is 0 Å². The highest BCUT2D eigenvalue weighted by molar-refractivity contribution is 7.92. The lowest BCUT2D eigenvalue weighted by molar-refractivity contribution is 0.0939. The van der Waals surface area contributed by atoms with Gasteiger partial charge in [0.05, 0.1) is 16.0 Å². The molecule has 174 valence electrons. The van der Waals surface area contributed by atoms with Crippen LogP contribution in [-0.2, 0) is 19.9 Å². The van der Waals surface area contributed by atoms with E-state index in [0.29, 0.717) is 11.3 Å². The molecule has 3 aromatic rings. The van der Waals surface area contributed by atoms with E-state index in [1.807, 2.05) is 6.92 Å². The zero-order valence-electron chi connectivity index (χ0n) is 18.2. The third kappa shape index (κ3) is 6.13. The van der Waals surface area contributed by atoms with Crippen LogP contribution in [0.15, 0.2) is 76.5 Å². The topological polar surface area (TPSA) is 109 Å². The number of aryl methyl sites for hydroxylation is 1. The number of nitrogens with one attached hydrogen (secondary N) is 2. The summed E-state index contributed by atoms with van der Waals surface area (Å²) in [5.41, 5.74) is 2.16. The molecule has 10 heteroatoms. The van der Waals surface area contributed by atoms with Gasteiger partial charge in [-0.3, -0.25) is 9.52 Å². The first-order chi connectivity index (χ1) is 15.4. The number of halogens is 1. The average molecular weight is 507 g/mol. The van der Waals surface area contributed by atoms with Gasteiger partial charge in [0, 0.05) is 17.5 Å². The number of benzene rings is 3. The molecule has 0 saturated heterocycles. The molecular weight excluding hydrogens is 484 g/mol. The first-order valence-corrected chi connectivity index (χ1v) is 13.6. The van der Waals surface area contributed by atoms with Gasteiger partial charge in [0.25, 0.3) is 15.9 Å². The Morgan fingerprint density at radius 2 is 1.52 bits per heavy atom. The van der Waals surface area contributed by atoms with Gasteiger partial charge in [-0.05, 0) is 61.9 Å². The summed E-state index contributed by atoms with van der Waals surface area (Å²) in [6.07, 6.45) is 1.12. The smallest absolute Gasteiger partial charge is 0.263 e. The molecule has 0 aliphatic rings. The Hall–Kier alpha value is -2.88. The van der Waals surface area contributed by atoms with E-state index in [9.17, 15) is 21.6 Å². The fraction of sp³-hybridized carbons (Fsp3) is 0.174. The van der Waals surface area contributed by atoms with Crippen molar-refractivity contribution in [3.8, 4) is 0 Å². The summed E-state index contributed by atoms with van der Waals surface area (Å²) in [4.78, 5) is 12.7. The Bertz CT molecular complexity index is 1390. The number of sulfonamides is 1. The number of anilines is 1. The molecule has 7 nitrogen and oxygen atoms in total. The van der Waals surface area contributed by atoms with Gasteiger partial charge in [-0.15, -0.1) is 0 Å². The summed E-state index contributed by atoms with van der Waals surface area (Å²) in [6.45, 7) is 3.62. The normalized spacial score (nSPS) is 12.7. The minimum Gasteiger partial charge on any atom is -0.346 e. The Balaban J connectivity index is 1.80. The molecule has 1 amide bonds. The van der Waals surface area contributed by atoms with Gasteiger partial charge >= 0.3 is 0 Å². The van der Waals surface area contributed by atoms with E-state index in [1.165, 1.54) is 30.3 Å². The van der Waals surface area contributed by atoms with Gasteiger partial charge in [-0.1, -0.05) is 41.4 Å². The molecular formula is C23H23ClN2O5S2. The lowest BCUT2D eigenvalue weighted by atomic mass is 10.1. The molecule has 0 spiro atoms. The van der Waals surface area contributed by atoms with Gasteiger partial charge < -0.3 is 5.32 Å². The molecule has 0 aliphatic heterocycles. The van der Waals surface area contributed by atoms with Crippen LogP contribution in [0, 0.1) is 6.92 Å². The number of carbonyl (C=O) groups excluding carboxylic acids is 1.